The van der Waals surface area contributed by atoms with Crippen LogP contribution in [0, 0.1) is 0 Å². The molecule has 6 heteroatoms. The van der Waals surface area contributed by atoms with Crippen LogP contribution < -0.4 is 10.1 Å². The predicted molar refractivity (Wildman–Crippen MR) is 101 cm³/mol. The SMILES string of the molecule is COc1ccccc1C(=O)CSc1ccc(NC(=O)c2ccco2)cc1. The third-order valence-corrected chi connectivity index (χ3v) is 4.65. The average molecular weight is 367 g/mol. The highest BCUT2D eigenvalue weighted by Gasteiger charge is 2.12. The number of furan rings is 1. The maximum Gasteiger partial charge on any atom is 0.291 e. The Kier molecular flexibility index (Phi) is 5.76. The zero-order valence-electron chi connectivity index (χ0n) is 14.1. The average Bonchev–Trinajstić information content (AvgIpc) is 3.22. The standard InChI is InChI=1S/C20H17NO4S/c1-24-18-6-3-2-5-16(18)17(22)13-26-15-10-8-14(9-11-15)21-20(23)19-7-4-12-25-19/h2-12H,13H2,1H3,(H,21,23). The van der Waals surface area contributed by atoms with Crippen molar-refractivity contribution in [2.45, 2.75) is 4.90 Å². The van der Waals surface area contributed by atoms with Gasteiger partial charge < -0.3 is 14.5 Å². The van der Waals surface area contributed by atoms with Crippen molar-refractivity contribution in [3.8, 4) is 5.75 Å². The summed E-state index contributed by atoms with van der Waals surface area (Å²) in [6.07, 6.45) is 1.45. The van der Waals surface area contributed by atoms with Crippen molar-refractivity contribution in [2.75, 3.05) is 18.2 Å². The molecule has 0 saturated heterocycles. The van der Waals surface area contributed by atoms with Crippen LogP contribution in [-0.2, 0) is 0 Å². The number of nitrogens with one attached hydrogen (secondary N) is 1. The molecule has 0 bridgehead atoms. The van der Waals surface area contributed by atoms with Gasteiger partial charge in [-0.05, 0) is 48.5 Å². The zero-order valence-corrected chi connectivity index (χ0v) is 14.9. The monoisotopic (exact) mass is 367 g/mol. The number of ether oxygens (including phenoxy) is 1. The first-order valence-electron chi connectivity index (χ1n) is 7.91. The summed E-state index contributed by atoms with van der Waals surface area (Å²) in [7, 11) is 1.55. The van der Waals surface area contributed by atoms with Gasteiger partial charge in [0.25, 0.3) is 5.91 Å². The number of carbonyl (C=O) groups excluding carboxylic acids is 2. The molecule has 0 saturated carbocycles. The lowest BCUT2D eigenvalue weighted by Crippen LogP contribution is -2.10. The Balaban J connectivity index is 1.57. The number of hydrogen-bond acceptors (Lipinski definition) is 5. The molecule has 5 nitrogen and oxygen atoms in total. The molecule has 0 aliphatic heterocycles. The molecule has 0 atom stereocenters. The molecule has 0 spiro atoms. The molecule has 1 amide bonds. The molecule has 0 fully saturated rings. The smallest absolute Gasteiger partial charge is 0.291 e. The Hall–Kier alpha value is -2.99. The maximum absolute atomic E-state index is 12.4. The molecule has 3 rings (SSSR count). The minimum atomic E-state index is -0.304. The van der Waals surface area contributed by atoms with E-state index in [1.807, 2.05) is 24.3 Å². The summed E-state index contributed by atoms with van der Waals surface area (Å²) in [6, 6.07) is 17.7. The second-order valence-electron chi connectivity index (χ2n) is 5.37. The number of thioether (sulfide) groups is 1. The lowest BCUT2D eigenvalue weighted by atomic mass is 10.1. The van der Waals surface area contributed by atoms with Gasteiger partial charge in [-0.15, -0.1) is 11.8 Å². The third-order valence-electron chi connectivity index (χ3n) is 3.63. The quantitative estimate of drug-likeness (QED) is 0.491. The molecule has 0 unspecified atom stereocenters. The van der Waals surface area contributed by atoms with E-state index in [1.54, 1.807) is 43.5 Å². The van der Waals surface area contributed by atoms with Crippen LogP contribution in [0.25, 0.3) is 0 Å². The van der Waals surface area contributed by atoms with Gasteiger partial charge in [0, 0.05) is 10.6 Å². The van der Waals surface area contributed by atoms with Crippen molar-refractivity contribution < 1.29 is 18.7 Å². The van der Waals surface area contributed by atoms with Crippen molar-refractivity contribution in [1.29, 1.82) is 0 Å². The van der Waals surface area contributed by atoms with E-state index >= 15 is 0 Å². The van der Waals surface area contributed by atoms with E-state index in [0.29, 0.717) is 22.8 Å². The van der Waals surface area contributed by atoms with Crippen molar-refractivity contribution in [2.24, 2.45) is 0 Å². The largest absolute Gasteiger partial charge is 0.496 e. The number of carbonyl (C=O) groups is 2. The molecule has 26 heavy (non-hydrogen) atoms. The lowest BCUT2D eigenvalue weighted by Gasteiger charge is -2.08. The fourth-order valence-electron chi connectivity index (χ4n) is 2.34. The molecule has 0 aliphatic rings. The molecule has 0 aliphatic carbocycles. The Labute approximate surface area is 155 Å². The summed E-state index contributed by atoms with van der Waals surface area (Å²) < 4.78 is 10.3. The van der Waals surface area contributed by atoms with Crippen LogP contribution in [-0.4, -0.2) is 24.6 Å². The van der Waals surface area contributed by atoms with Crippen LogP contribution >= 0.6 is 11.8 Å². The number of benzene rings is 2. The fourth-order valence-corrected chi connectivity index (χ4v) is 3.12. The van der Waals surface area contributed by atoms with Crippen LogP contribution in [0.15, 0.2) is 76.2 Å². The van der Waals surface area contributed by atoms with Crippen molar-refractivity contribution in [3.05, 3.63) is 78.3 Å². The van der Waals surface area contributed by atoms with Crippen LogP contribution in [0.2, 0.25) is 0 Å². The summed E-state index contributed by atoms with van der Waals surface area (Å²) in [6.45, 7) is 0. The summed E-state index contributed by atoms with van der Waals surface area (Å²) in [5.74, 6) is 0.836. The minimum Gasteiger partial charge on any atom is -0.496 e. The maximum atomic E-state index is 12.4. The van der Waals surface area contributed by atoms with Gasteiger partial charge in [-0.3, -0.25) is 9.59 Å². The fraction of sp³-hybridized carbons (Fsp3) is 0.100. The van der Waals surface area contributed by atoms with Gasteiger partial charge in [0.1, 0.15) is 5.75 Å². The third kappa shape index (κ3) is 4.34. The van der Waals surface area contributed by atoms with Crippen molar-refractivity contribution in [3.63, 3.8) is 0 Å². The Morgan fingerprint density at radius 2 is 1.81 bits per heavy atom. The number of para-hydroxylation sites is 1. The molecular weight excluding hydrogens is 350 g/mol. The second kappa shape index (κ2) is 8.40. The van der Waals surface area contributed by atoms with Gasteiger partial charge in [-0.25, -0.2) is 0 Å². The number of ketones is 1. The topological polar surface area (TPSA) is 68.5 Å². The molecule has 1 N–H and O–H groups in total. The number of rotatable bonds is 7. The van der Waals surface area contributed by atoms with Gasteiger partial charge in [-0.1, -0.05) is 12.1 Å². The lowest BCUT2D eigenvalue weighted by molar-refractivity contribution is 0.0994. The molecule has 3 aromatic rings. The Bertz CT molecular complexity index is 888. The summed E-state index contributed by atoms with van der Waals surface area (Å²) in [5, 5.41) is 2.75. The normalized spacial score (nSPS) is 10.3. The number of anilines is 1. The first-order valence-corrected chi connectivity index (χ1v) is 8.90. The van der Waals surface area contributed by atoms with Crippen LogP contribution in [0.1, 0.15) is 20.9 Å². The molecule has 1 aromatic heterocycles. The van der Waals surface area contributed by atoms with Gasteiger partial charge in [0.05, 0.1) is 24.7 Å². The van der Waals surface area contributed by atoms with Gasteiger partial charge >= 0.3 is 0 Å². The summed E-state index contributed by atoms with van der Waals surface area (Å²) in [4.78, 5) is 25.2. The number of hydrogen-bond donors (Lipinski definition) is 1. The highest BCUT2D eigenvalue weighted by Crippen LogP contribution is 2.24. The van der Waals surface area contributed by atoms with E-state index < -0.39 is 0 Å². The Morgan fingerprint density at radius 1 is 1.04 bits per heavy atom. The number of amides is 1. The van der Waals surface area contributed by atoms with E-state index in [9.17, 15) is 9.59 Å². The van der Waals surface area contributed by atoms with Gasteiger partial charge in [0.15, 0.2) is 11.5 Å². The highest BCUT2D eigenvalue weighted by atomic mass is 32.2. The molecule has 0 radical (unpaired) electrons. The van der Waals surface area contributed by atoms with Crippen LogP contribution in [0.5, 0.6) is 5.75 Å². The molecule has 1 heterocycles. The van der Waals surface area contributed by atoms with Crippen molar-refractivity contribution >= 4 is 29.1 Å². The second-order valence-corrected chi connectivity index (χ2v) is 6.42. The van der Waals surface area contributed by atoms with Gasteiger partial charge in [0.2, 0.25) is 0 Å². The zero-order chi connectivity index (χ0) is 18.4. The van der Waals surface area contributed by atoms with Crippen molar-refractivity contribution in [1.82, 2.24) is 0 Å². The van der Waals surface area contributed by atoms with Crippen LogP contribution in [0.3, 0.4) is 0 Å². The highest BCUT2D eigenvalue weighted by molar-refractivity contribution is 8.00. The molecular formula is C20H17NO4S. The van der Waals surface area contributed by atoms with E-state index in [2.05, 4.69) is 5.32 Å². The van der Waals surface area contributed by atoms with Gasteiger partial charge in [-0.2, -0.15) is 0 Å². The number of Topliss-reactive ketones (excluding diaryl/α,β-unsaturated/α-hetero) is 1. The molecule has 2 aromatic carbocycles. The minimum absolute atomic E-state index is 0.00245. The van der Waals surface area contributed by atoms with Crippen LogP contribution in [0.4, 0.5) is 5.69 Å². The first kappa shape index (κ1) is 17.8. The predicted octanol–water partition coefficient (Wildman–Crippen LogP) is 4.52. The van der Waals surface area contributed by atoms with E-state index in [1.165, 1.54) is 18.0 Å². The van der Waals surface area contributed by atoms with E-state index in [0.717, 1.165) is 4.90 Å². The summed E-state index contributed by atoms with van der Waals surface area (Å²) >= 11 is 1.43. The first-order chi connectivity index (χ1) is 12.7. The van der Waals surface area contributed by atoms with E-state index in [4.69, 9.17) is 9.15 Å². The summed E-state index contributed by atoms with van der Waals surface area (Å²) in [5.41, 5.74) is 1.23. The molecule has 132 valence electrons. The number of methoxy groups -OCH3 is 1. The Morgan fingerprint density at radius 3 is 2.50 bits per heavy atom. The van der Waals surface area contributed by atoms with E-state index in [-0.39, 0.29) is 17.5 Å².